The monoisotopic (exact) mass is 411 g/mol. The third-order valence-electron chi connectivity index (χ3n) is 5.28. The lowest BCUT2D eigenvalue weighted by Gasteiger charge is -2.10. The van der Waals surface area contributed by atoms with E-state index in [9.17, 15) is 0 Å². The second-order valence-corrected chi connectivity index (χ2v) is 7.78. The van der Waals surface area contributed by atoms with E-state index in [2.05, 4.69) is 119 Å². The summed E-state index contributed by atoms with van der Waals surface area (Å²) < 4.78 is 3.40. The van der Waals surface area contributed by atoms with Crippen LogP contribution in [0.5, 0.6) is 0 Å². The molecule has 0 atom stereocenters. The van der Waals surface area contributed by atoms with Crippen molar-refractivity contribution < 1.29 is 0 Å². The topological polar surface area (TPSA) is 4.93 Å². The fourth-order valence-corrected chi connectivity index (χ4v) is 4.20. The molecule has 4 aromatic carbocycles. The Balaban J connectivity index is 1.92. The fraction of sp³-hybridized carbons (Fsp3) is 0.0400. The predicted molar refractivity (Wildman–Crippen MR) is 119 cm³/mol. The molecule has 0 unspecified atom stereocenters. The summed E-state index contributed by atoms with van der Waals surface area (Å²) in [7, 11) is 2.16. The summed E-state index contributed by atoms with van der Waals surface area (Å²) in [6, 6.07) is 32.5. The highest BCUT2D eigenvalue weighted by atomic mass is 79.9. The van der Waals surface area contributed by atoms with Crippen molar-refractivity contribution in [1.29, 1.82) is 0 Å². The molecule has 0 N–H and O–H groups in total. The Morgan fingerprint density at radius 1 is 0.630 bits per heavy atom. The summed E-state index contributed by atoms with van der Waals surface area (Å²) in [6.07, 6.45) is 0. The fourth-order valence-electron chi connectivity index (χ4n) is 3.94. The molecule has 0 saturated carbocycles. The predicted octanol–water partition coefficient (Wildman–Crippen LogP) is 7.43. The second kappa shape index (κ2) is 6.40. The summed E-state index contributed by atoms with van der Waals surface area (Å²) >= 11 is 3.56. The van der Waals surface area contributed by atoms with Crippen molar-refractivity contribution in [3.63, 3.8) is 0 Å². The van der Waals surface area contributed by atoms with Crippen LogP contribution in [0.15, 0.2) is 95.5 Å². The van der Waals surface area contributed by atoms with Gasteiger partial charge in [0.2, 0.25) is 0 Å². The Bertz CT molecular complexity index is 1260. The molecule has 27 heavy (non-hydrogen) atoms. The van der Waals surface area contributed by atoms with Crippen molar-refractivity contribution in [2.75, 3.05) is 0 Å². The molecular weight excluding hydrogens is 394 g/mol. The number of para-hydroxylation sites is 1. The first-order valence-electron chi connectivity index (χ1n) is 9.05. The Morgan fingerprint density at radius 3 is 2.11 bits per heavy atom. The molecule has 0 aliphatic heterocycles. The quantitative estimate of drug-likeness (QED) is 0.284. The normalized spacial score (nSPS) is 11.3. The van der Waals surface area contributed by atoms with Crippen molar-refractivity contribution in [1.82, 2.24) is 4.57 Å². The molecule has 2 heteroatoms. The third kappa shape index (κ3) is 2.68. The van der Waals surface area contributed by atoms with Crippen LogP contribution in [0.3, 0.4) is 0 Å². The van der Waals surface area contributed by atoms with E-state index in [1.54, 1.807) is 0 Å². The molecule has 130 valence electrons. The molecule has 1 aromatic heterocycles. The van der Waals surface area contributed by atoms with E-state index in [-0.39, 0.29) is 0 Å². The van der Waals surface area contributed by atoms with E-state index in [1.165, 1.54) is 44.1 Å². The van der Waals surface area contributed by atoms with E-state index >= 15 is 0 Å². The van der Waals surface area contributed by atoms with Gasteiger partial charge >= 0.3 is 0 Å². The van der Waals surface area contributed by atoms with Gasteiger partial charge in [-0.3, -0.25) is 0 Å². The number of halogens is 1. The first kappa shape index (κ1) is 16.3. The molecule has 0 saturated heterocycles. The van der Waals surface area contributed by atoms with Crippen LogP contribution in [0.1, 0.15) is 0 Å². The van der Waals surface area contributed by atoms with E-state index in [1.807, 2.05) is 0 Å². The number of aryl methyl sites for hydroxylation is 1. The first-order chi connectivity index (χ1) is 13.2. The second-order valence-electron chi connectivity index (χ2n) is 6.87. The Labute approximate surface area is 167 Å². The van der Waals surface area contributed by atoms with Gasteiger partial charge in [0.15, 0.2) is 0 Å². The average Bonchev–Trinajstić information content (AvgIpc) is 3.01. The summed E-state index contributed by atoms with van der Waals surface area (Å²) in [6.45, 7) is 0. The number of hydrogen-bond acceptors (Lipinski definition) is 0. The maximum absolute atomic E-state index is 3.56. The van der Waals surface area contributed by atoms with Crippen LogP contribution in [0, 0.1) is 0 Å². The van der Waals surface area contributed by atoms with Gasteiger partial charge in [-0.05, 0) is 52.6 Å². The van der Waals surface area contributed by atoms with Gasteiger partial charge in [-0.15, -0.1) is 0 Å². The lowest BCUT2D eigenvalue weighted by molar-refractivity contribution is 1.01. The van der Waals surface area contributed by atoms with Crippen LogP contribution in [0.4, 0.5) is 0 Å². The molecule has 0 spiro atoms. The van der Waals surface area contributed by atoms with Crippen LogP contribution in [0.25, 0.3) is 44.1 Å². The van der Waals surface area contributed by atoms with Gasteiger partial charge in [0.25, 0.3) is 0 Å². The van der Waals surface area contributed by atoms with Gasteiger partial charge in [0.05, 0.1) is 5.52 Å². The number of aromatic nitrogens is 1. The van der Waals surface area contributed by atoms with Crippen molar-refractivity contribution in [2.24, 2.45) is 7.05 Å². The number of nitrogens with zero attached hydrogens (tertiary/aromatic N) is 1. The van der Waals surface area contributed by atoms with E-state index in [4.69, 9.17) is 0 Å². The van der Waals surface area contributed by atoms with Crippen LogP contribution in [-0.4, -0.2) is 4.57 Å². The van der Waals surface area contributed by atoms with Crippen LogP contribution < -0.4 is 0 Å². The third-order valence-corrected chi connectivity index (χ3v) is 5.80. The van der Waals surface area contributed by atoms with E-state index in [0.29, 0.717) is 0 Å². The Kier molecular flexibility index (Phi) is 3.87. The number of rotatable bonds is 2. The average molecular weight is 412 g/mol. The zero-order chi connectivity index (χ0) is 18.4. The van der Waals surface area contributed by atoms with Gasteiger partial charge in [-0.2, -0.15) is 0 Å². The molecule has 0 radical (unpaired) electrons. The molecule has 5 aromatic rings. The summed E-state index contributed by atoms with van der Waals surface area (Å²) in [5.41, 5.74) is 7.51. The highest BCUT2D eigenvalue weighted by molar-refractivity contribution is 9.10. The SMILES string of the molecule is Cn1c2ccccc2c2c(-c3ccc(Br)cc3)cc(-c3ccccc3)cc21. The summed E-state index contributed by atoms with van der Waals surface area (Å²) in [5, 5.41) is 2.61. The zero-order valence-corrected chi connectivity index (χ0v) is 16.6. The highest BCUT2D eigenvalue weighted by Crippen LogP contribution is 2.39. The van der Waals surface area contributed by atoms with Crippen LogP contribution in [0.2, 0.25) is 0 Å². The molecule has 1 heterocycles. The molecular formula is C25H18BrN. The van der Waals surface area contributed by atoms with E-state index < -0.39 is 0 Å². The minimum Gasteiger partial charge on any atom is -0.344 e. The summed E-state index contributed by atoms with van der Waals surface area (Å²) in [5.74, 6) is 0. The van der Waals surface area contributed by atoms with Gasteiger partial charge in [0.1, 0.15) is 0 Å². The van der Waals surface area contributed by atoms with Gasteiger partial charge < -0.3 is 4.57 Å². The Hall–Kier alpha value is -2.84. The standard InChI is InChI=1S/C25H18BrN/c1-27-23-10-6-5-9-21(23)25-22(18-11-13-20(26)14-12-18)15-19(16-24(25)27)17-7-3-2-4-8-17/h2-16H,1H3. The molecule has 5 rings (SSSR count). The molecule has 1 nitrogen and oxygen atoms in total. The van der Waals surface area contributed by atoms with Gasteiger partial charge in [-0.1, -0.05) is 76.6 Å². The van der Waals surface area contributed by atoms with Crippen molar-refractivity contribution in [2.45, 2.75) is 0 Å². The molecule has 0 aliphatic rings. The minimum absolute atomic E-state index is 1.10. The largest absolute Gasteiger partial charge is 0.344 e. The van der Waals surface area contributed by atoms with Crippen molar-refractivity contribution in [3.8, 4) is 22.3 Å². The number of fused-ring (bicyclic) bond motifs is 3. The van der Waals surface area contributed by atoms with E-state index in [0.717, 1.165) is 4.47 Å². The van der Waals surface area contributed by atoms with Crippen molar-refractivity contribution >= 4 is 37.7 Å². The molecule has 0 aliphatic carbocycles. The number of benzene rings is 4. The minimum atomic E-state index is 1.10. The number of hydrogen-bond donors (Lipinski definition) is 0. The summed E-state index contributed by atoms with van der Waals surface area (Å²) in [4.78, 5) is 0. The van der Waals surface area contributed by atoms with Gasteiger partial charge in [-0.25, -0.2) is 0 Å². The maximum Gasteiger partial charge on any atom is 0.0501 e. The van der Waals surface area contributed by atoms with Crippen molar-refractivity contribution in [3.05, 3.63) is 95.5 Å². The van der Waals surface area contributed by atoms with Crippen LogP contribution >= 0.6 is 15.9 Å². The first-order valence-corrected chi connectivity index (χ1v) is 9.84. The smallest absolute Gasteiger partial charge is 0.0501 e. The lowest BCUT2D eigenvalue weighted by Crippen LogP contribution is -1.89. The van der Waals surface area contributed by atoms with Crippen LogP contribution in [-0.2, 0) is 7.05 Å². The molecule has 0 fully saturated rings. The maximum atomic E-state index is 3.56. The highest BCUT2D eigenvalue weighted by Gasteiger charge is 2.15. The molecule has 0 amide bonds. The lowest BCUT2D eigenvalue weighted by atomic mass is 9.94. The molecule has 0 bridgehead atoms. The van der Waals surface area contributed by atoms with Gasteiger partial charge in [0, 0.05) is 27.8 Å². The Morgan fingerprint density at radius 2 is 1.33 bits per heavy atom. The zero-order valence-electron chi connectivity index (χ0n) is 15.0.